The lowest BCUT2D eigenvalue weighted by molar-refractivity contribution is -0.0417. The highest BCUT2D eigenvalue weighted by molar-refractivity contribution is 5.13. The number of rotatable bonds is 7. The van der Waals surface area contributed by atoms with Crippen LogP contribution < -0.4 is 5.32 Å². The van der Waals surface area contributed by atoms with E-state index in [1.54, 1.807) is 0 Å². The third-order valence-corrected chi connectivity index (χ3v) is 4.07. The Morgan fingerprint density at radius 3 is 2.95 bits per heavy atom. The Labute approximate surface area is 123 Å². The Bertz CT molecular complexity index is 305. The van der Waals surface area contributed by atoms with E-state index < -0.39 is 0 Å². The first-order valence-electron chi connectivity index (χ1n) is 8.23. The second-order valence-electron chi connectivity index (χ2n) is 5.81. The largest absolute Gasteiger partial charge is 0.501 e. The molecule has 0 amide bonds. The van der Waals surface area contributed by atoms with Gasteiger partial charge in [-0.15, -0.1) is 0 Å². The van der Waals surface area contributed by atoms with E-state index in [1.165, 1.54) is 18.5 Å². The fourth-order valence-electron chi connectivity index (χ4n) is 3.07. The maximum Gasteiger partial charge on any atom is 0.0894 e. The van der Waals surface area contributed by atoms with Crippen LogP contribution in [0.25, 0.3) is 0 Å². The number of nitrogens with one attached hydrogen (secondary N) is 1. The molecule has 0 aliphatic carbocycles. The molecule has 0 aromatic carbocycles. The van der Waals surface area contributed by atoms with Crippen molar-refractivity contribution in [2.24, 2.45) is 0 Å². The number of nitrogens with zero attached hydrogens (tertiary/aromatic N) is 1. The molecule has 4 nitrogen and oxygen atoms in total. The van der Waals surface area contributed by atoms with Gasteiger partial charge in [-0.25, -0.2) is 0 Å². The summed E-state index contributed by atoms with van der Waals surface area (Å²) in [6.07, 6.45) is 6.85. The monoisotopic (exact) mass is 282 g/mol. The van der Waals surface area contributed by atoms with Crippen molar-refractivity contribution in [3.8, 4) is 0 Å². The molecule has 1 fully saturated rings. The summed E-state index contributed by atoms with van der Waals surface area (Å²) in [5.41, 5.74) is 1.38. The SMILES string of the molecule is CCCNC(C1=COCCC1)C1CN(CCC)CCO1. The number of morpholine rings is 1. The van der Waals surface area contributed by atoms with Crippen LogP contribution in [0.15, 0.2) is 11.8 Å². The minimum atomic E-state index is 0.259. The van der Waals surface area contributed by atoms with E-state index in [0.717, 1.165) is 52.1 Å². The van der Waals surface area contributed by atoms with E-state index >= 15 is 0 Å². The molecule has 2 rings (SSSR count). The maximum atomic E-state index is 6.07. The van der Waals surface area contributed by atoms with Gasteiger partial charge in [0.25, 0.3) is 0 Å². The molecular weight excluding hydrogens is 252 g/mol. The molecule has 1 saturated heterocycles. The van der Waals surface area contributed by atoms with Crippen molar-refractivity contribution in [1.82, 2.24) is 10.2 Å². The molecule has 0 radical (unpaired) electrons. The first-order chi connectivity index (χ1) is 9.85. The summed E-state index contributed by atoms with van der Waals surface area (Å²) < 4.78 is 11.6. The predicted molar refractivity (Wildman–Crippen MR) is 81.8 cm³/mol. The van der Waals surface area contributed by atoms with Gasteiger partial charge in [0.1, 0.15) is 0 Å². The Balaban J connectivity index is 1.99. The van der Waals surface area contributed by atoms with Crippen molar-refractivity contribution in [3.05, 3.63) is 11.8 Å². The van der Waals surface area contributed by atoms with Crippen LogP contribution in [0.3, 0.4) is 0 Å². The lowest BCUT2D eigenvalue weighted by Gasteiger charge is -2.38. The summed E-state index contributed by atoms with van der Waals surface area (Å²) in [4.78, 5) is 2.53. The highest BCUT2D eigenvalue weighted by atomic mass is 16.5. The molecule has 2 aliphatic rings. The van der Waals surface area contributed by atoms with Gasteiger partial charge >= 0.3 is 0 Å². The topological polar surface area (TPSA) is 33.7 Å². The van der Waals surface area contributed by atoms with Crippen LogP contribution in [0.4, 0.5) is 0 Å². The van der Waals surface area contributed by atoms with Gasteiger partial charge in [-0.05, 0) is 44.3 Å². The molecule has 0 saturated carbocycles. The quantitative estimate of drug-likeness (QED) is 0.776. The molecule has 2 aliphatic heterocycles. The summed E-state index contributed by atoms with van der Waals surface area (Å²) in [5, 5.41) is 3.67. The summed E-state index contributed by atoms with van der Waals surface area (Å²) >= 11 is 0. The maximum absolute atomic E-state index is 6.07. The molecule has 0 aromatic rings. The van der Waals surface area contributed by atoms with Crippen LogP contribution in [-0.4, -0.2) is 56.4 Å². The molecule has 0 bridgehead atoms. The summed E-state index contributed by atoms with van der Waals surface area (Å²) in [6.45, 7) is 10.5. The molecule has 1 N–H and O–H groups in total. The Morgan fingerprint density at radius 2 is 2.25 bits per heavy atom. The molecular formula is C16H30N2O2. The molecule has 2 unspecified atom stereocenters. The smallest absolute Gasteiger partial charge is 0.0894 e. The minimum absolute atomic E-state index is 0.259. The zero-order valence-electron chi connectivity index (χ0n) is 13.1. The van der Waals surface area contributed by atoms with Crippen molar-refractivity contribution in [2.45, 2.75) is 51.7 Å². The molecule has 0 spiro atoms. The third kappa shape index (κ3) is 4.47. The second-order valence-corrected chi connectivity index (χ2v) is 5.81. The average molecular weight is 282 g/mol. The number of ether oxygens (including phenoxy) is 2. The van der Waals surface area contributed by atoms with Crippen LogP contribution in [0.5, 0.6) is 0 Å². The summed E-state index contributed by atoms with van der Waals surface area (Å²) in [6, 6.07) is 0.315. The van der Waals surface area contributed by atoms with Gasteiger partial charge in [-0.1, -0.05) is 13.8 Å². The van der Waals surface area contributed by atoms with Crippen LogP contribution in [0, 0.1) is 0 Å². The van der Waals surface area contributed by atoms with Gasteiger partial charge in [0.2, 0.25) is 0 Å². The van der Waals surface area contributed by atoms with E-state index in [1.807, 2.05) is 6.26 Å². The normalized spacial score (nSPS) is 25.9. The lowest BCUT2D eigenvalue weighted by Crippen LogP contribution is -2.53. The van der Waals surface area contributed by atoms with E-state index in [-0.39, 0.29) is 6.10 Å². The average Bonchev–Trinajstić information content (AvgIpc) is 2.50. The van der Waals surface area contributed by atoms with Crippen molar-refractivity contribution in [1.29, 1.82) is 0 Å². The third-order valence-electron chi connectivity index (χ3n) is 4.07. The van der Waals surface area contributed by atoms with Gasteiger partial charge in [0.15, 0.2) is 0 Å². The summed E-state index contributed by atoms with van der Waals surface area (Å²) in [5.74, 6) is 0. The number of hydrogen-bond donors (Lipinski definition) is 1. The molecule has 20 heavy (non-hydrogen) atoms. The fourth-order valence-corrected chi connectivity index (χ4v) is 3.07. The molecule has 4 heteroatoms. The highest BCUT2D eigenvalue weighted by Crippen LogP contribution is 2.22. The van der Waals surface area contributed by atoms with Gasteiger partial charge in [-0.2, -0.15) is 0 Å². The van der Waals surface area contributed by atoms with E-state index in [4.69, 9.17) is 9.47 Å². The van der Waals surface area contributed by atoms with Gasteiger partial charge in [0, 0.05) is 13.1 Å². The van der Waals surface area contributed by atoms with Crippen LogP contribution in [0.1, 0.15) is 39.5 Å². The fraction of sp³-hybridized carbons (Fsp3) is 0.875. The Hall–Kier alpha value is -0.580. The van der Waals surface area contributed by atoms with Gasteiger partial charge in [0.05, 0.1) is 31.6 Å². The molecule has 2 atom stereocenters. The Kier molecular flexibility index (Phi) is 6.83. The van der Waals surface area contributed by atoms with Crippen molar-refractivity contribution in [2.75, 3.05) is 39.4 Å². The van der Waals surface area contributed by atoms with E-state index in [9.17, 15) is 0 Å². The van der Waals surface area contributed by atoms with Crippen molar-refractivity contribution < 1.29 is 9.47 Å². The molecule has 116 valence electrons. The Morgan fingerprint density at radius 1 is 1.35 bits per heavy atom. The van der Waals surface area contributed by atoms with E-state index in [2.05, 4.69) is 24.1 Å². The minimum Gasteiger partial charge on any atom is -0.501 e. The van der Waals surface area contributed by atoms with Crippen molar-refractivity contribution in [3.63, 3.8) is 0 Å². The molecule has 0 aromatic heterocycles. The zero-order chi connectivity index (χ0) is 14.2. The predicted octanol–water partition coefficient (Wildman–Crippen LogP) is 2.16. The number of hydrogen-bond acceptors (Lipinski definition) is 4. The standard InChI is InChI=1S/C16H30N2O2/c1-3-7-17-16(14-6-5-10-19-13-14)15-12-18(8-4-2)9-11-20-15/h13,15-17H,3-12H2,1-2H3. The van der Waals surface area contributed by atoms with Crippen LogP contribution >= 0.6 is 0 Å². The first kappa shape index (κ1) is 15.8. The van der Waals surface area contributed by atoms with Gasteiger partial charge in [-0.3, -0.25) is 4.90 Å². The summed E-state index contributed by atoms with van der Waals surface area (Å²) in [7, 11) is 0. The van der Waals surface area contributed by atoms with E-state index in [0.29, 0.717) is 6.04 Å². The van der Waals surface area contributed by atoms with Crippen LogP contribution in [0.2, 0.25) is 0 Å². The van der Waals surface area contributed by atoms with Gasteiger partial charge < -0.3 is 14.8 Å². The van der Waals surface area contributed by atoms with Crippen molar-refractivity contribution >= 4 is 0 Å². The second kappa shape index (κ2) is 8.65. The molecule has 2 heterocycles. The highest BCUT2D eigenvalue weighted by Gasteiger charge is 2.30. The van der Waals surface area contributed by atoms with Crippen LogP contribution in [-0.2, 0) is 9.47 Å². The lowest BCUT2D eigenvalue weighted by atomic mass is 9.96. The first-order valence-corrected chi connectivity index (χ1v) is 8.23. The zero-order valence-corrected chi connectivity index (χ0v) is 13.1.